The van der Waals surface area contributed by atoms with E-state index >= 15 is 0 Å². The fourth-order valence-electron chi connectivity index (χ4n) is 2.41. The van der Waals surface area contributed by atoms with E-state index in [1.54, 1.807) is 0 Å². The lowest BCUT2D eigenvalue weighted by Crippen LogP contribution is -2.42. The number of amides is 1. The summed E-state index contributed by atoms with van der Waals surface area (Å²) < 4.78 is 5.35. The van der Waals surface area contributed by atoms with E-state index in [0.717, 1.165) is 24.8 Å². The van der Waals surface area contributed by atoms with Crippen LogP contribution in [0.3, 0.4) is 0 Å². The summed E-state index contributed by atoms with van der Waals surface area (Å²) in [5, 5.41) is 12.6. The Bertz CT molecular complexity index is 563. The molecule has 1 rings (SSSR count). The first-order valence-corrected chi connectivity index (χ1v) is 9.10. The molecule has 5 N–H and O–H groups in total. The maximum Gasteiger partial charge on any atom is 0.328 e. The highest BCUT2D eigenvalue weighted by atomic mass is 16.5. The van der Waals surface area contributed by atoms with Crippen LogP contribution >= 0.6 is 0 Å². The van der Waals surface area contributed by atoms with Crippen LogP contribution in [0.2, 0.25) is 0 Å². The lowest BCUT2D eigenvalue weighted by Gasteiger charge is -2.18. The molecule has 0 saturated carbocycles. The zero-order valence-corrected chi connectivity index (χ0v) is 15.4. The van der Waals surface area contributed by atoms with E-state index < -0.39 is 12.0 Å². The molecule has 0 unspecified atom stereocenters. The summed E-state index contributed by atoms with van der Waals surface area (Å²) >= 11 is 0. The van der Waals surface area contributed by atoms with E-state index in [4.69, 9.17) is 15.9 Å². The molecular weight excluding hydrogens is 332 g/mol. The first-order chi connectivity index (χ1) is 12.5. The van der Waals surface area contributed by atoms with Crippen molar-refractivity contribution in [2.75, 3.05) is 6.54 Å². The second-order valence-electron chi connectivity index (χ2n) is 6.15. The quantitative estimate of drug-likeness (QED) is 0.196. The standard InChI is InChI=1S/C19H30N4O3/c1-2-3-5-12-17(24)23-16(11-8-13-22-19(20)21)18(25)26-14-15-9-6-4-7-10-15/h4,6-7,9-10,16H,2-3,5,8,11-14H2,1H3,(H,23,24)(H4,20,21,22)/t16-/m0/s1. The van der Waals surface area contributed by atoms with Crippen molar-refractivity contribution in [1.82, 2.24) is 10.6 Å². The van der Waals surface area contributed by atoms with Crippen LogP contribution in [0.15, 0.2) is 30.3 Å². The number of carbonyl (C=O) groups is 2. The maximum absolute atomic E-state index is 12.4. The average Bonchev–Trinajstić information content (AvgIpc) is 2.63. The number of nitrogens with one attached hydrogen (secondary N) is 3. The molecule has 1 atom stereocenters. The van der Waals surface area contributed by atoms with E-state index in [0.29, 0.717) is 25.8 Å². The smallest absolute Gasteiger partial charge is 0.328 e. The molecule has 0 aliphatic heterocycles. The Hall–Kier alpha value is -2.57. The predicted octanol–water partition coefficient (Wildman–Crippen LogP) is 2.06. The number of benzene rings is 1. The normalized spacial score (nSPS) is 11.4. The number of nitrogens with two attached hydrogens (primary N) is 1. The van der Waals surface area contributed by atoms with Gasteiger partial charge in [-0.3, -0.25) is 10.2 Å². The van der Waals surface area contributed by atoms with Crippen molar-refractivity contribution < 1.29 is 14.3 Å². The molecule has 1 amide bonds. The van der Waals surface area contributed by atoms with Gasteiger partial charge < -0.3 is 21.1 Å². The van der Waals surface area contributed by atoms with Crippen molar-refractivity contribution in [3.05, 3.63) is 35.9 Å². The van der Waals surface area contributed by atoms with Gasteiger partial charge in [0.25, 0.3) is 0 Å². The fraction of sp³-hybridized carbons (Fsp3) is 0.526. The zero-order valence-electron chi connectivity index (χ0n) is 15.4. The van der Waals surface area contributed by atoms with Crippen molar-refractivity contribution in [1.29, 1.82) is 5.41 Å². The Kier molecular flexibility index (Phi) is 10.5. The van der Waals surface area contributed by atoms with Crippen molar-refractivity contribution in [2.45, 2.75) is 58.1 Å². The fourth-order valence-corrected chi connectivity index (χ4v) is 2.41. The van der Waals surface area contributed by atoms with Crippen molar-refractivity contribution in [2.24, 2.45) is 5.73 Å². The van der Waals surface area contributed by atoms with Gasteiger partial charge in [0, 0.05) is 13.0 Å². The Labute approximate surface area is 155 Å². The van der Waals surface area contributed by atoms with E-state index in [1.807, 2.05) is 30.3 Å². The first kappa shape index (κ1) is 21.5. The molecule has 0 spiro atoms. The molecule has 0 aliphatic carbocycles. The maximum atomic E-state index is 12.4. The lowest BCUT2D eigenvalue weighted by atomic mass is 10.1. The number of rotatable bonds is 12. The van der Waals surface area contributed by atoms with Crippen LogP contribution in [0.1, 0.15) is 51.0 Å². The third kappa shape index (κ3) is 9.66. The Morgan fingerprint density at radius 1 is 1.19 bits per heavy atom. The second kappa shape index (κ2) is 12.7. The molecule has 1 aromatic carbocycles. The van der Waals surface area contributed by atoms with Gasteiger partial charge in [0.1, 0.15) is 12.6 Å². The van der Waals surface area contributed by atoms with Gasteiger partial charge in [-0.15, -0.1) is 0 Å². The molecule has 0 fully saturated rings. The van der Waals surface area contributed by atoms with Crippen LogP contribution in [-0.2, 0) is 20.9 Å². The summed E-state index contributed by atoms with van der Waals surface area (Å²) in [4.78, 5) is 24.4. The van der Waals surface area contributed by atoms with Gasteiger partial charge in [0.15, 0.2) is 5.96 Å². The largest absolute Gasteiger partial charge is 0.459 e. The highest BCUT2D eigenvalue weighted by Crippen LogP contribution is 2.06. The molecule has 0 aliphatic rings. The van der Waals surface area contributed by atoms with E-state index in [2.05, 4.69) is 17.6 Å². The van der Waals surface area contributed by atoms with Gasteiger partial charge in [0.2, 0.25) is 5.91 Å². The molecule has 0 radical (unpaired) electrons. The topological polar surface area (TPSA) is 117 Å². The molecule has 0 bridgehead atoms. The molecular formula is C19H30N4O3. The molecule has 7 heteroatoms. The van der Waals surface area contributed by atoms with Crippen molar-refractivity contribution in [3.8, 4) is 0 Å². The minimum atomic E-state index is -0.693. The Morgan fingerprint density at radius 3 is 2.58 bits per heavy atom. The van der Waals surface area contributed by atoms with Gasteiger partial charge in [-0.25, -0.2) is 4.79 Å². The minimum absolute atomic E-state index is 0.114. The van der Waals surface area contributed by atoms with Gasteiger partial charge in [0.05, 0.1) is 0 Å². The Morgan fingerprint density at radius 2 is 1.92 bits per heavy atom. The summed E-state index contributed by atoms with van der Waals surface area (Å²) in [6.07, 6.45) is 4.24. The number of hydrogen-bond acceptors (Lipinski definition) is 4. The number of esters is 1. The van der Waals surface area contributed by atoms with Crippen LogP contribution in [0, 0.1) is 5.41 Å². The highest BCUT2D eigenvalue weighted by molar-refractivity contribution is 5.84. The number of carbonyl (C=O) groups excluding carboxylic acids is 2. The molecule has 0 saturated heterocycles. The van der Waals surface area contributed by atoms with E-state index in [-0.39, 0.29) is 18.5 Å². The molecule has 7 nitrogen and oxygen atoms in total. The molecule has 26 heavy (non-hydrogen) atoms. The van der Waals surface area contributed by atoms with Gasteiger partial charge in [-0.1, -0.05) is 50.1 Å². The van der Waals surface area contributed by atoms with Crippen molar-refractivity contribution in [3.63, 3.8) is 0 Å². The third-order valence-electron chi connectivity index (χ3n) is 3.84. The number of unbranched alkanes of at least 4 members (excludes halogenated alkanes) is 2. The van der Waals surface area contributed by atoms with Crippen LogP contribution in [-0.4, -0.2) is 30.4 Å². The van der Waals surface area contributed by atoms with Crippen LogP contribution in [0.5, 0.6) is 0 Å². The predicted molar refractivity (Wildman–Crippen MR) is 101 cm³/mol. The van der Waals surface area contributed by atoms with Crippen molar-refractivity contribution >= 4 is 17.8 Å². The first-order valence-electron chi connectivity index (χ1n) is 9.10. The summed E-state index contributed by atoms with van der Waals surface area (Å²) in [6, 6.07) is 8.71. The third-order valence-corrected chi connectivity index (χ3v) is 3.84. The van der Waals surface area contributed by atoms with Crippen LogP contribution in [0.4, 0.5) is 0 Å². The van der Waals surface area contributed by atoms with Gasteiger partial charge in [-0.05, 0) is 24.8 Å². The number of ether oxygens (including phenoxy) is 1. The number of hydrogen-bond donors (Lipinski definition) is 4. The lowest BCUT2D eigenvalue weighted by molar-refractivity contribution is -0.149. The second-order valence-corrected chi connectivity index (χ2v) is 6.15. The average molecular weight is 362 g/mol. The minimum Gasteiger partial charge on any atom is -0.459 e. The Balaban J connectivity index is 2.52. The number of guanidine groups is 1. The summed E-state index contributed by atoms with van der Waals surface area (Å²) in [5.74, 6) is -0.697. The van der Waals surface area contributed by atoms with Gasteiger partial charge in [-0.2, -0.15) is 0 Å². The summed E-state index contributed by atoms with van der Waals surface area (Å²) in [5.41, 5.74) is 6.14. The molecule has 0 aromatic heterocycles. The summed E-state index contributed by atoms with van der Waals surface area (Å²) in [6.45, 7) is 2.71. The molecule has 0 heterocycles. The van der Waals surface area contributed by atoms with E-state index in [1.165, 1.54) is 0 Å². The molecule has 144 valence electrons. The SMILES string of the molecule is CCCCCC(=O)N[C@@H](CCCNC(=N)N)C(=O)OCc1ccccc1. The molecule has 1 aromatic rings. The highest BCUT2D eigenvalue weighted by Gasteiger charge is 2.21. The monoisotopic (exact) mass is 362 g/mol. The van der Waals surface area contributed by atoms with Crippen LogP contribution in [0.25, 0.3) is 0 Å². The van der Waals surface area contributed by atoms with E-state index in [9.17, 15) is 9.59 Å². The van der Waals surface area contributed by atoms with Gasteiger partial charge >= 0.3 is 5.97 Å². The summed E-state index contributed by atoms with van der Waals surface area (Å²) in [7, 11) is 0. The zero-order chi connectivity index (χ0) is 19.2. The van der Waals surface area contributed by atoms with Crippen LogP contribution < -0.4 is 16.4 Å².